The van der Waals surface area contributed by atoms with Gasteiger partial charge >= 0.3 is 5.97 Å². The summed E-state index contributed by atoms with van der Waals surface area (Å²) in [6.07, 6.45) is 0.625. The number of rotatable bonds is 8. The van der Waals surface area contributed by atoms with E-state index in [1.807, 2.05) is 65.6 Å². The Morgan fingerprint density at radius 3 is 2.20 bits per heavy atom. The summed E-state index contributed by atoms with van der Waals surface area (Å²) in [5, 5.41) is 3.19. The number of carbonyl (C=O) groups excluding carboxylic acids is 3. The predicted molar refractivity (Wildman–Crippen MR) is 138 cm³/mol. The van der Waals surface area contributed by atoms with Crippen molar-refractivity contribution in [1.29, 1.82) is 0 Å². The number of ether oxygens (including phenoxy) is 1. The average Bonchev–Trinajstić information content (AvgIpc) is 3.12. The molecule has 0 spiro atoms. The first-order valence-electron chi connectivity index (χ1n) is 11.2. The minimum atomic E-state index is -0.722. The van der Waals surface area contributed by atoms with Crippen LogP contribution in [0.1, 0.15) is 22.3 Å². The van der Waals surface area contributed by atoms with Gasteiger partial charge in [0.1, 0.15) is 6.04 Å². The zero-order valence-electron chi connectivity index (χ0n) is 19.2. The molecule has 1 N–H and O–H groups in total. The van der Waals surface area contributed by atoms with Gasteiger partial charge in [-0.2, -0.15) is 0 Å². The van der Waals surface area contributed by atoms with Crippen LogP contribution in [-0.4, -0.2) is 47.5 Å². The molecule has 3 aromatic rings. The molecule has 0 aromatic heterocycles. The van der Waals surface area contributed by atoms with E-state index in [-0.39, 0.29) is 18.2 Å². The third kappa shape index (κ3) is 5.55. The third-order valence-electron chi connectivity index (χ3n) is 5.79. The van der Waals surface area contributed by atoms with E-state index in [2.05, 4.69) is 5.32 Å². The number of hydrogen-bond donors (Lipinski definition) is 1. The van der Waals surface area contributed by atoms with Crippen molar-refractivity contribution in [1.82, 2.24) is 4.90 Å². The van der Waals surface area contributed by atoms with Gasteiger partial charge in [-0.1, -0.05) is 48.5 Å². The molecule has 1 saturated heterocycles. The molecule has 1 aliphatic heterocycles. The lowest BCUT2D eigenvalue weighted by molar-refractivity contribution is -0.124. The lowest BCUT2D eigenvalue weighted by Gasteiger charge is -2.24. The maximum atomic E-state index is 13.4. The van der Waals surface area contributed by atoms with Crippen LogP contribution in [0.2, 0.25) is 0 Å². The second-order valence-electron chi connectivity index (χ2n) is 8.06. The fourth-order valence-electron chi connectivity index (χ4n) is 3.99. The summed E-state index contributed by atoms with van der Waals surface area (Å²) in [4.78, 5) is 41.3. The molecule has 0 radical (unpaired) electrons. The van der Waals surface area contributed by atoms with Crippen molar-refractivity contribution in [2.45, 2.75) is 18.9 Å². The highest BCUT2D eigenvalue weighted by Gasteiger charge is 2.43. The van der Waals surface area contributed by atoms with Gasteiger partial charge in [0.15, 0.2) is 5.11 Å². The number of benzene rings is 3. The third-order valence-corrected chi connectivity index (χ3v) is 6.20. The van der Waals surface area contributed by atoms with Crippen LogP contribution >= 0.6 is 12.2 Å². The molecule has 1 aliphatic rings. The molecule has 178 valence electrons. The van der Waals surface area contributed by atoms with E-state index in [1.54, 1.807) is 24.3 Å². The molecule has 0 bridgehead atoms. The van der Waals surface area contributed by atoms with Gasteiger partial charge in [-0.15, -0.1) is 0 Å². The van der Waals surface area contributed by atoms with E-state index in [1.165, 1.54) is 12.0 Å². The van der Waals surface area contributed by atoms with Crippen LogP contribution in [0.25, 0.3) is 0 Å². The Labute approximate surface area is 209 Å². The minimum Gasteiger partial charge on any atom is -0.465 e. The van der Waals surface area contributed by atoms with Gasteiger partial charge in [-0.05, 0) is 60.6 Å². The summed E-state index contributed by atoms with van der Waals surface area (Å²) in [5.41, 5.74) is 2.70. The Morgan fingerprint density at radius 2 is 1.57 bits per heavy atom. The monoisotopic (exact) mass is 487 g/mol. The smallest absolute Gasteiger partial charge is 0.337 e. The molecule has 2 amide bonds. The second-order valence-corrected chi connectivity index (χ2v) is 8.42. The summed E-state index contributed by atoms with van der Waals surface area (Å²) in [6, 6.07) is 24.8. The van der Waals surface area contributed by atoms with Crippen LogP contribution < -0.4 is 10.2 Å². The largest absolute Gasteiger partial charge is 0.465 e. The fraction of sp³-hybridized carbons (Fsp3) is 0.185. The normalized spacial score (nSPS) is 15.3. The van der Waals surface area contributed by atoms with Crippen LogP contribution in [0.3, 0.4) is 0 Å². The van der Waals surface area contributed by atoms with Gasteiger partial charge in [0.2, 0.25) is 5.91 Å². The number of amides is 2. The van der Waals surface area contributed by atoms with Crippen LogP contribution in [-0.2, 0) is 20.7 Å². The molecule has 1 atom stereocenters. The lowest BCUT2D eigenvalue weighted by Crippen LogP contribution is -2.39. The van der Waals surface area contributed by atoms with E-state index in [9.17, 15) is 14.4 Å². The van der Waals surface area contributed by atoms with Crippen LogP contribution in [0.5, 0.6) is 0 Å². The summed E-state index contributed by atoms with van der Waals surface area (Å²) < 4.78 is 4.69. The van der Waals surface area contributed by atoms with E-state index in [0.29, 0.717) is 35.0 Å². The number of esters is 1. The van der Waals surface area contributed by atoms with Gasteiger partial charge in [0.05, 0.1) is 24.8 Å². The van der Waals surface area contributed by atoms with Crippen LogP contribution in [0.15, 0.2) is 84.9 Å². The van der Waals surface area contributed by atoms with Crippen molar-refractivity contribution >= 4 is 46.5 Å². The summed E-state index contributed by atoms with van der Waals surface area (Å²) in [7, 11) is 1.31. The van der Waals surface area contributed by atoms with Gasteiger partial charge < -0.3 is 15.0 Å². The maximum Gasteiger partial charge on any atom is 0.337 e. The standard InChI is InChI=1S/C27H25N3O4S/c1-34-26(33)20-12-14-21(15-13-20)28-24(31)18-23-25(32)30(22-10-6-3-7-11-22)27(35)29(23)17-16-19-8-4-2-5-9-19/h2-15,23H,16-18H2,1H3,(H,28,31)/t23-/m0/s1. The van der Waals surface area contributed by atoms with E-state index >= 15 is 0 Å². The number of para-hydroxylation sites is 1. The minimum absolute atomic E-state index is 0.0597. The Kier molecular flexibility index (Phi) is 7.52. The topological polar surface area (TPSA) is 78.9 Å². The van der Waals surface area contributed by atoms with Crippen molar-refractivity contribution < 1.29 is 19.1 Å². The number of nitrogens with one attached hydrogen (secondary N) is 1. The first kappa shape index (κ1) is 24.1. The Balaban J connectivity index is 1.51. The molecule has 0 unspecified atom stereocenters. The molecule has 35 heavy (non-hydrogen) atoms. The second kappa shape index (κ2) is 10.9. The first-order valence-corrected chi connectivity index (χ1v) is 11.6. The number of hydrogen-bond acceptors (Lipinski definition) is 5. The quantitative estimate of drug-likeness (QED) is 0.382. The highest BCUT2D eigenvalue weighted by Crippen LogP contribution is 2.27. The van der Waals surface area contributed by atoms with Gasteiger partial charge in [0, 0.05) is 12.2 Å². The van der Waals surface area contributed by atoms with E-state index in [0.717, 1.165) is 5.56 Å². The molecular weight excluding hydrogens is 462 g/mol. The molecule has 0 saturated carbocycles. The first-order chi connectivity index (χ1) is 17.0. The van der Waals surface area contributed by atoms with Gasteiger partial charge in [-0.25, -0.2) is 4.79 Å². The zero-order chi connectivity index (χ0) is 24.8. The van der Waals surface area contributed by atoms with E-state index in [4.69, 9.17) is 17.0 Å². The highest BCUT2D eigenvalue weighted by molar-refractivity contribution is 7.80. The molecular formula is C27H25N3O4S. The van der Waals surface area contributed by atoms with Gasteiger partial charge in [-0.3, -0.25) is 14.5 Å². The van der Waals surface area contributed by atoms with Crippen molar-refractivity contribution in [2.75, 3.05) is 23.9 Å². The van der Waals surface area contributed by atoms with Crippen LogP contribution in [0, 0.1) is 0 Å². The van der Waals surface area contributed by atoms with Crippen molar-refractivity contribution in [3.8, 4) is 0 Å². The Hall–Kier alpha value is -4.04. The molecule has 1 fully saturated rings. The molecule has 7 nitrogen and oxygen atoms in total. The van der Waals surface area contributed by atoms with Crippen LogP contribution in [0.4, 0.5) is 11.4 Å². The Morgan fingerprint density at radius 1 is 0.943 bits per heavy atom. The van der Waals surface area contributed by atoms with E-state index < -0.39 is 12.0 Å². The van der Waals surface area contributed by atoms with Crippen molar-refractivity contribution in [3.05, 3.63) is 96.1 Å². The zero-order valence-corrected chi connectivity index (χ0v) is 20.0. The highest BCUT2D eigenvalue weighted by atomic mass is 32.1. The van der Waals surface area contributed by atoms with Gasteiger partial charge in [0.25, 0.3) is 5.91 Å². The fourth-order valence-corrected chi connectivity index (χ4v) is 4.41. The van der Waals surface area contributed by atoms with Crippen molar-refractivity contribution in [2.24, 2.45) is 0 Å². The summed E-state index contributed by atoms with van der Waals surface area (Å²) in [6.45, 7) is 0.504. The SMILES string of the molecule is COC(=O)c1ccc(NC(=O)C[C@H]2C(=O)N(c3ccccc3)C(=S)N2CCc2ccccc2)cc1. The molecule has 8 heteroatoms. The summed E-state index contributed by atoms with van der Waals surface area (Å²) in [5.74, 6) is -1.01. The number of thiocarbonyl (C=S) groups is 1. The lowest BCUT2D eigenvalue weighted by atomic mass is 10.1. The summed E-state index contributed by atoms with van der Waals surface area (Å²) >= 11 is 5.70. The average molecular weight is 488 g/mol. The maximum absolute atomic E-state index is 13.4. The number of methoxy groups -OCH3 is 1. The Bertz CT molecular complexity index is 1220. The van der Waals surface area contributed by atoms with Crippen molar-refractivity contribution in [3.63, 3.8) is 0 Å². The number of anilines is 2. The number of nitrogens with zero attached hydrogens (tertiary/aromatic N) is 2. The molecule has 4 rings (SSSR count). The predicted octanol–water partition coefficient (Wildman–Crippen LogP) is 4.05. The molecule has 1 heterocycles. The number of carbonyl (C=O) groups is 3. The molecule has 3 aromatic carbocycles. The molecule has 0 aliphatic carbocycles.